The van der Waals surface area contributed by atoms with Crippen LogP contribution in [0, 0.1) is 0 Å². The molecule has 21 heavy (non-hydrogen) atoms. The van der Waals surface area contributed by atoms with Gasteiger partial charge in [-0.2, -0.15) is 0 Å². The second-order valence-corrected chi connectivity index (χ2v) is 4.59. The van der Waals surface area contributed by atoms with E-state index in [0.717, 1.165) is 5.56 Å². The summed E-state index contributed by atoms with van der Waals surface area (Å²) in [6, 6.07) is 11.4. The molecule has 6 heteroatoms. The van der Waals surface area contributed by atoms with Crippen molar-refractivity contribution in [3.63, 3.8) is 0 Å². The molecule has 3 rings (SSSR count). The third-order valence-electron chi connectivity index (χ3n) is 3.13. The molecule has 1 aromatic heterocycles. The molecule has 0 aliphatic carbocycles. The average molecular weight is 282 g/mol. The number of nitrogens with zero attached hydrogens (tertiary/aromatic N) is 3. The normalized spacial score (nSPS) is 17.0. The van der Waals surface area contributed by atoms with Crippen molar-refractivity contribution in [2.75, 3.05) is 0 Å². The summed E-state index contributed by atoms with van der Waals surface area (Å²) in [5.41, 5.74) is 1.40. The maximum Gasteiger partial charge on any atom is 0.269 e. The molecule has 2 heterocycles. The van der Waals surface area contributed by atoms with E-state index in [1.165, 1.54) is 0 Å². The van der Waals surface area contributed by atoms with Crippen molar-refractivity contribution < 1.29 is 9.63 Å². The molecule has 0 spiro atoms. The average Bonchev–Trinajstić information content (AvgIpc) is 3.04. The van der Waals surface area contributed by atoms with Crippen LogP contribution in [0.4, 0.5) is 0 Å². The van der Waals surface area contributed by atoms with Crippen LogP contribution in [-0.2, 0) is 16.2 Å². The summed E-state index contributed by atoms with van der Waals surface area (Å²) in [4.78, 5) is 25.4. The summed E-state index contributed by atoms with van der Waals surface area (Å²) < 4.78 is 0. The zero-order chi connectivity index (χ0) is 14.5. The quantitative estimate of drug-likeness (QED) is 0.924. The number of rotatable bonds is 4. The molecule has 0 radical (unpaired) electrons. The van der Waals surface area contributed by atoms with Crippen LogP contribution in [0.2, 0.25) is 0 Å². The van der Waals surface area contributed by atoms with Crippen molar-refractivity contribution in [1.29, 1.82) is 0 Å². The third-order valence-corrected chi connectivity index (χ3v) is 3.13. The van der Waals surface area contributed by atoms with E-state index in [9.17, 15) is 4.79 Å². The van der Waals surface area contributed by atoms with Crippen LogP contribution in [0.3, 0.4) is 0 Å². The Balaban J connectivity index is 1.55. The highest BCUT2D eigenvalue weighted by Gasteiger charge is 2.27. The maximum absolute atomic E-state index is 12.0. The Morgan fingerprint density at radius 2 is 1.95 bits per heavy atom. The van der Waals surface area contributed by atoms with Crippen molar-refractivity contribution in [3.05, 3.63) is 60.2 Å². The second-order valence-electron chi connectivity index (χ2n) is 4.59. The first-order valence-electron chi connectivity index (χ1n) is 6.64. The van der Waals surface area contributed by atoms with Gasteiger partial charge >= 0.3 is 0 Å². The van der Waals surface area contributed by atoms with Gasteiger partial charge in [0.05, 0.1) is 6.54 Å². The first kappa shape index (κ1) is 13.2. The Kier molecular flexibility index (Phi) is 3.86. The van der Waals surface area contributed by atoms with Crippen LogP contribution >= 0.6 is 0 Å². The molecule has 6 nitrogen and oxygen atoms in total. The van der Waals surface area contributed by atoms with Gasteiger partial charge in [0.15, 0.2) is 6.10 Å². The van der Waals surface area contributed by atoms with E-state index in [0.29, 0.717) is 18.0 Å². The lowest BCUT2D eigenvalue weighted by Crippen LogP contribution is -2.30. The highest BCUT2D eigenvalue weighted by molar-refractivity contribution is 6.39. The highest BCUT2D eigenvalue weighted by atomic mass is 16.6. The van der Waals surface area contributed by atoms with Gasteiger partial charge in [-0.15, -0.1) is 0 Å². The van der Waals surface area contributed by atoms with Crippen LogP contribution in [0.1, 0.15) is 23.9 Å². The molecule has 1 unspecified atom stereocenters. The van der Waals surface area contributed by atoms with Crippen LogP contribution in [0.5, 0.6) is 0 Å². The molecule has 1 aliphatic rings. The van der Waals surface area contributed by atoms with Crippen molar-refractivity contribution in [2.24, 2.45) is 5.16 Å². The fourth-order valence-electron chi connectivity index (χ4n) is 2.04. The van der Waals surface area contributed by atoms with Crippen molar-refractivity contribution in [1.82, 2.24) is 15.3 Å². The Hall–Kier alpha value is -2.76. The van der Waals surface area contributed by atoms with Crippen LogP contribution in [-0.4, -0.2) is 21.6 Å². The molecule has 0 bridgehead atoms. The number of carbonyl (C=O) groups excluding carboxylic acids is 1. The lowest BCUT2D eigenvalue weighted by atomic mass is 10.0. The Morgan fingerprint density at radius 3 is 2.71 bits per heavy atom. The molecular formula is C15H14N4O2. The molecule has 1 aliphatic heterocycles. The first-order chi connectivity index (χ1) is 10.3. The summed E-state index contributed by atoms with van der Waals surface area (Å²) in [6.07, 6.45) is 3.54. The number of hydrogen-bond donors (Lipinski definition) is 1. The molecule has 0 fully saturated rings. The number of aromatic nitrogens is 2. The second kappa shape index (κ2) is 6.13. The Morgan fingerprint density at radius 1 is 1.19 bits per heavy atom. The van der Waals surface area contributed by atoms with Gasteiger partial charge in [0.1, 0.15) is 11.5 Å². The summed E-state index contributed by atoms with van der Waals surface area (Å²) in [6.45, 7) is 0.273. The van der Waals surface area contributed by atoms with E-state index in [2.05, 4.69) is 20.4 Å². The number of carbonyl (C=O) groups is 1. The summed E-state index contributed by atoms with van der Waals surface area (Å²) in [5, 5.41) is 6.61. The first-order valence-corrected chi connectivity index (χ1v) is 6.64. The standard InChI is InChI=1S/C15H14N4O2/c20-15(18-10-14-16-7-4-8-17-14)12-9-13(21-19-12)11-5-2-1-3-6-11/h1-8,13H,9-10H2,(H,18,20). The van der Waals surface area contributed by atoms with Gasteiger partial charge in [-0.1, -0.05) is 35.5 Å². The van der Waals surface area contributed by atoms with Crippen LogP contribution in [0.25, 0.3) is 0 Å². The van der Waals surface area contributed by atoms with Gasteiger partial charge < -0.3 is 10.2 Å². The highest BCUT2D eigenvalue weighted by Crippen LogP contribution is 2.26. The summed E-state index contributed by atoms with van der Waals surface area (Å²) in [5.74, 6) is 0.311. The van der Waals surface area contributed by atoms with Gasteiger partial charge in [-0.05, 0) is 11.6 Å². The molecule has 1 N–H and O–H groups in total. The third kappa shape index (κ3) is 3.22. The van der Waals surface area contributed by atoms with Crippen molar-refractivity contribution >= 4 is 11.6 Å². The monoisotopic (exact) mass is 282 g/mol. The van der Waals surface area contributed by atoms with E-state index in [-0.39, 0.29) is 18.6 Å². The molecule has 1 aromatic carbocycles. The number of hydrogen-bond acceptors (Lipinski definition) is 5. The van der Waals surface area contributed by atoms with E-state index >= 15 is 0 Å². The van der Waals surface area contributed by atoms with Crippen molar-refractivity contribution in [3.8, 4) is 0 Å². The zero-order valence-corrected chi connectivity index (χ0v) is 11.3. The van der Waals surface area contributed by atoms with Gasteiger partial charge in [-0.3, -0.25) is 4.79 Å². The fraction of sp³-hybridized carbons (Fsp3) is 0.200. The Labute approximate surface area is 121 Å². The summed E-state index contributed by atoms with van der Waals surface area (Å²) in [7, 11) is 0. The van der Waals surface area contributed by atoms with E-state index in [1.54, 1.807) is 18.5 Å². The number of oxime groups is 1. The fourth-order valence-corrected chi connectivity index (χ4v) is 2.04. The molecule has 1 atom stereocenters. The van der Waals surface area contributed by atoms with E-state index in [1.807, 2.05) is 30.3 Å². The van der Waals surface area contributed by atoms with Crippen LogP contribution in [0.15, 0.2) is 53.9 Å². The largest absolute Gasteiger partial charge is 0.387 e. The zero-order valence-electron chi connectivity index (χ0n) is 11.3. The predicted molar refractivity (Wildman–Crippen MR) is 76.2 cm³/mol. The Bertz CT molecular complexity index is 643. The molecule has 106 valence electrons. The topological polar surface area (TPSA) is 76.5 Å². The number of nitrogens with one attached hydrogen (secondary N) is 1. The molecule has 1 amide bonds. The number of amides is 1. The smallest absolute Gasteiger partial charge is 0.269 e. The van der Waals surface area contributed by atoms with E-state index in [4.69, 9.17) is 4.84 Å². The molecule has 2 aromatic rings. The van der Waals surface area contributed by atoms with Gasteiger partial charge in [0.2, 0.25) is 0 Å². The maximum atomic E-state index is 12.0. The minimum absolute atomic E-state index is 0.195. The van der Waals surface area contributed by atoms with E-state index < -0.39 is 0 Å². The molecule has 0 saturated carbocycles. The minimum atomic E-state index is -0.249. The predicted octanol–water partition coefficient (Wildman–Crippen LogP) is 1.61. The lowest BCUT2D eigenvalue weighted by Gasteiger charge is -2.07. The van der Waals surface area contributed by atoms with Gasteiger partial charge in [0.25, 0.3) is 5.91 Å². The number of benzene rings is 1. The van der Waals surface area contributed by atoms with Gasteiger partial charge in [0, 0.05) is 18.8 Å². The van der Waals surface area contributed by atoms with Crippen LogP contribution < -0.4 is 5.32 Å². The molecular weight excluding hydrogens is 268 g/mol. The minimum Gasteiger partial charge on any atom is -0.387 e. The van der Waals surface area contributed by atoms with Crippen molar-refractivity contribution in [2.45, 2.75) is 19.1 Å². The molecule has 0 saturated heterocycles. The lowest BCUT2D eigenvalue weighted by molar-refractivity contribution is -0.115. The SMILES string of the molecule is O=C(NCc1ncccn1)C1=NOC(c2ccccc2)C1. The van der Waals surface area contributed by atoms with Gasteiger partial charge in [-0.25, -0.2) is 9.97 Å². The summed E-state index contributed by atoms with van der Waals surface area (Å²) >= 11 is 0.